The van der Waals surface area contributed by atoms with Crippen molar-refractivity contribution in [2.75, 3.05) is 0 Å². The molecule has 3 aromatic heterocycles. The number of amides is 1. The third kappa shape index (κ3) is 3.77. The number of hydrogen-bond acceptors (Lipinski definition) is 5. The van der Waals surface area contributed by atoms with E-state index in [4.69, 9.17) is 4.98 Å². The fourth-order valence-corrected chi connectivity index (χ4v) is 4.18. The predicted molar refractivity (Wildman–Crippen MR) is 121 cm³/mol. The molecule has 5 rings (SSSR count). The largest absolute Gasteiger partial charge is 0.347 e. The molecule has 1 aliphatic rings. The van der Waals surface area contributed by atoms with E-state index in [9.17, 15) is 4.79 Å². The van der Waals surface area contributed by atoms with Crippen LogP contribution in [-0.2, 0) is 25.9 Å². The maximum Gasteiger partial charge on any atom is 0.270 e. The Morgan fingerprint density at radius 2 is 2.03 bits per heavy atom. The molecule has 32 heavy (non-hydrogen) atoms. The van der Waals surface area contributed by atoms with E-state index < -0.39 is 0 Å². The Hall–Kier alpha value is -3.55. The minimum Gasteiger partial charge on any atom is -0.347 e. The highest BCUT2D eigenvalue weighted by atomic mass is 16.1. The molecule has 8 heteroatoms. The monoisotopic (exact) mass is 429 g/mol. The maximum absolute atomic E-state index is 13.0. The van der Waals surface area contributed by atoms with Crippen molar-refractivity contribution in [3.05, 3.63) is 65.0 Å². The highest BCUT2D eigenvalue weighted by molar-refractivity contribution is 5.94. The highest BCUT2D eigenvalue weighted by Crippen LogP contribution is 2.23. The van der Waals surface area contributed by atoms with Crippen molar-refractivity contribution in [2.45, 2.75) is 53.1 Å². The molecule has 1 atom stereocenters. The molecule has 4 aromatic rings. The van der Waals surface area contributed by atoms with Gasteiger partial charge in [0.2, 0.25) is 5.78 Å². The molecule has 1 amide bonds. The van der Waals surface area contributed by atoms with Crippen molar-refractivity contribution in [1.82, 2.24) is 34.4 Å². The molecule has 4 heterocycles. The molecule has 0 radical (unpaired) electrons. The van der Waals surface area contributed by atoms with Crippen molar-refractivity contribution < 1.29 is 4.79 Å². The number of benzene rings is 1. The molecule has 164 valence electrons. The molecule has 8 nitrogen and oxygen atoms in total. The molecule has 0 aliphatic carbocycles. The quantitative estimate of drug-likeness (QED) is 0.525. The maximum atomic E-state index is 13.0. The Balaban J connectivity index is 1.30. The standard InChI is InChI=1S/C24H27N7O/c1-4-19-21(30-14-16(3)12-26-24(30)27-19)23(32)25-13-17-5-7-18(8-6-17)22-28-20-11-15(2)9-10-31(20)29-22/h5-8,12,14-15H,4,9-11,13H2,1-3H3,(H,25,32). The van der Waals surface area contributed by atoms with Crippen LogP contribution in [0.2, 0.25) is 0 Å². The molecule has 0 spiro atoms. The van der Waals surface area contributed by atoms with Crippen LogP contribution in [0.1, 0.15) is 53.4 Å². The van der Waals surface area contributed by atoms with Gasteiger partial charge in [0.1, 0.15) is 11.5 Å². The number of aromatic nitrogens is 6. The molecule has 1 unspecified atom stereocenters. The zero-order valence-electron chi connectivity index (χ0n) is 18.7. The van der Waals surface area contributed by atoms with Crippen LogP contribution in [0.4, 0.5) is 0 Å². The van der Waals surface area contributed by atoms with Gasteiger partial charge in [-0.3, -0.25) is 9.20 Å². The number of carbonyl (C=O) groups is 1. The summed E-state index contributed by atoms with van der Waals surface area (Å²) in [5, 5.41) is 7.70. The van der Waals surface area contributed by atoms with E-state index in [1.807, 2.05) is 49.0 Å². The van der Waals surface area contributed by atoms with Crippen molar-refractivity contribution in [1.29, 1.82) is 0 Å². The molecule has 0 saturated carbocycles. The lowest BCUT2D eigenvalue weighted by atomic mass is 10.0. The molecule has 0 fully saturated rings. The number of rotatable bonds is 5. The van der Waals surface area contributed by atoms with Gasteiger partial charge < -0.3 is 5.32 Å². The highest BCUT2D eigenvalue weighted by Gasteiger charge is 2.20. The number of imidazole rings is 1. The van der Waals surface area contributed by atoms with Crippen LogP contribution >= 0.6 is 0 Å². The second-order valence-electron chi connectivity index (χ2n) is 8.61. The third-order valence-electron chi connectivity index (χ3n) is 6.01. The third-order valence-corrected chi connectivity index (χ3v) is 6.01. The molecule has 0 bridgehead atoms. The second-order valence-corrected chi connectivity index (χ2v) is 8.61. The Bertz CT molecular complexity index is 1290. The van der Waals surface area contributed by atoms with Gasteiger partial charge in [-0.2, -0.15) is 5.10 Å². The summed E-state index contributed by atoms with van der Waals surface area (Å²) in [4.78, 5) is 26.6. The number of nitrogens with zero attached hydrogens (tertiary/aromatic N) is 6. The van der Waals surface area contributed by atoms with Crippen molar-refractivity contribution >= 4 is 11.7 Å². The number of fused-ring (bicyclic) bond motifs is 2. The first-order chi connectivity index (χ1) is 15.5. The van der Waals surface area contributed by atoms with Gasteiger partial charge in [0, 0.05) is 37.5 Å². The van der Waals surface area contributed by atoms with Crippen LogP contribution in [0.15, 0.2) is 36.7 Å². The summed E-state index contributed by atoms with van der Waals surface area (Å²) in [6.07, 6.45) is 6.46. The first kappa shape index (κ1) is 20.4. The van der Waals surface area contributed by atoms with Crippen LogP contribution in [-0.4, -0.2) is 35.0 Å². The van der Waals surface area contributed by atoms with Gasteiger partial charge in [-0.1, -0.05) is 38.1 Å². The predicted octanol–water partition coefficient (Wildman–Crippen LogP) is 3.37. The van der Waals surface area contributed by atoms with Crippen LogP contribution < -0.4 is 5.32 Å². The number of aryl methyl sites for hydroxylation is 3. The first-order valence-electron chi connectivity index (χ1n) is 11.2. The Labute approximate surface area is 186 Å². The van der Waals surface area contributed by atoms with Crippen molar-refractivity contribution in [2.24, 2.45) is 5.92 Å². The number of carbonyl (C=O) groups excluding carboxylic acids is 1. The van der Waals surface area contributed by atoms with E-state index in [0.717, 1.165) is 53.4 Å². The van der Waals surface area contributed by atoms with E-state index in [2.05, 4.69) is 27.3 Å². The van der Waals surface area contributed by atoms with Gasteiger partial charge >= 0.3 is 0 Å². The van der Waals surface area contributed by atoms with Gasteiger partial charge in [-0.05, 0) is 36.8 Å². The topological polar surface area (TPSA) is 90.0 Å². The molecule has 0 saturated heterocycles. The Morgan fingerprint density at radius 3 is 2.81 bits per heavy atom. The van der Waals surface area contributed by atoms with E-state index in [1.54, 1.807) is 10.6 Å². The summed E-state index contributed by atoms with van der Waals surface area (Å²) in [7, 11) is 0. The molecular formula is C24H27N7O. The molecule has 1 aliphatic heterocycles. The van der Waals surface area contributed by atoms with E-state index >= 15 is 0 Å². The van der Waals surface area contributed by atoms with Crippen LogP contribution in [0, 0.1) is 12.8 Å². The second kappa shape index (κ2) is 8.18. The Kier molecular flexibility index (Phi) is 5.20. The summed E-state index contributed by atoms with van der Waals surface area (Å²) >= 11 is 0. The minimum absolute atomic E-state index is 0.150. The fourth-order valence-electron chi connectivity index (χ4n) is 4.18. The minimum atomic E-state index is -0.150. The lowest BCUT2D eigenvalue weighted by molar-refractivity contribution is 0.0944. The summed E-state index contributed by atoms with van der Waals surface area (Å²) in [6.45, 7) is 7.57. The zero-order valence-corrected chi connectivity index (χ0v) is 18.7. The van der Waals surface area contributed by atoms with Gasteiger partial charge in [-0.15, -0.1) is 0 Å². The van der Waals surface area contributed by atoms with Crippen molar-refractivity contribution in [3.8, 4) is 11.4 Å². The smallest absolute Gasteiger partial charge is 0.270 e. The SMILES string of the molecule is CCc1nc2ncc(C)cn2c1C(=O)NCc1ccc(-c2nc3n(n2)CCC(C)C3)cc1. The van der Waals surface area contributed by atoms with Crippen LogP contribution in [0.5, 0.6) is 0 Å². The van der Waals surface area contributed by atoms with Gasteiger partial charge in [0.25, 0.3) is 5.91 Å². The summed E-state index contributed by atoms with van der Waals surface area (Å²) in [6, 6.07) is 8.06. The van der Waals surface area contributed by atoms with Gasteiger partial charge in [-0.25, -0.2) is 19.6 Å². The van der Waals surface area contributed by atoms with Crippen LogP contribution in [0.25, 0.3) is 17.2 Å². The molecule has 1 N–H and O–H groups in total. The summed E-state index contributed by atoms with van der Waals surface area (Å²) in [5.74, 6) is 2.90. The average Bonchev–Trinajstić information content (AvgIpc) is 3.38. The molecular weight excluding hydrogens is 402 g/mol. The lowest BCUT2D eigenvalue weighted by Crippen LogP contribution is -2.25. The normalized spacial score (nSPS) is 15.7. The summed E-state index contributed by atoms with van der Waals surface area (Å²) < 4.78 is 3.81. The number of nitrogens with one attached hydrogen (secondary N) is 1. The average molecular weight is 430 g/mol. The van der Waals surface area contributed by atoms with E-state index in [1.165, 1.54) is 0 Å². The zero-order chi connectivity index (χ0) is 22.2. The molecule has 1 aromatic carbocycles. The van der Waals surface area contributed by atoms with E-state index in [-0.39, 0.29) is 5.91 Å². The van der Waals surface area contributed by atoms with Gasteiger partial charge in [0.05, 0.1) is 5.69 Å². The summed E-state index contributed by atoms with van der Waals surface area (Å²) in [5.41, 5.74) is 4.29. The number of hydrogen-bond donors (Lipinski definition) is 1. The van der Waals surface area contributed by atoms with E-state index in [0.29, 0.717) is 30.4 Å². The first-order valence-corrected chi connectivity index (χ1v) is 11.2. The van der Waals surface area contributed by atoms with Gasteiger partial charge in [0.15, 0.2) is 5.82 Å². The van der Waals surface area contributed by atoms with Crippen LogP contribution in [0.3, 0.4) is 0 Å². The fraction of sp³-hybridized carbons (Fsp3) is 0.375. The lowest BCUT2D eigenvalue weighted by Gasteiger charge is -2.17. The Morgan fingerprint density at radius 1 is 1.22 bits per heavy atom. The van der Waals surface area contributed by atoms with Crippen molar-refractivity contribution in [3.63, 3.8) is 0 Å².